The van der Waals surface area contributed by atoms with E-state index < -0.39 is 0 Å². The van der Waals surface area contributed by atoms with Crippen molar-refractivity contribution in [3.05, 3.63) is 35.4 Å². The smallest absolute Gasteiger partial charge is 0.118 e. The van der Waals surface area contributed by atoms with E-state index in [9.17, 15) is 0 Å². The van der Waals surface area contributed by atoms with Crippen LogP contribution >= 0.6 is 0 Å². The Labute approximate surface area is 85.1 Å². The van der Waals surface area contributed by atoms with Gasteiger partial charge in [-0.2, -0.15) is 0 Å². The molecule has 1 heteroatoms. The Morgan fingerprint density at radius 3 is 2.71 bits per heavy atom. The number of benzene rings is 1. The fourth-order valence-corrected chi connectivity index (χ4v) is 1.49. The SMILES string of the molecule is Cc1ccc(C#C[C@H]2CCCO2)cc1. The van der Waals surface area contributed by atoms with Gasteiger partial charge in [0.05, 0.1) is 0 Å². The third-order valence-electron chi connectivity index (χ3n) is 2.36. The summed E-state index contributed by atoms with van der Waals surface area (Å²) in [7, 11) is 0. The van der Waals surface area contributed by atoms with E-state index in [1.54, 1.807) is 0 Å². The fourth-order valence-electron chi connectivity index (χ4n) is 1.49. The molecule has 1 fully saturated rings. The van der Waals surface area contributed by atoms with E-state index >= 15 is 0 Å². The summed E-state index contributed by atoms with van der Waals surface area (Å²) in [5.74, 6) is 6.28. The molecule has 0 unspecified atom stereocenters. The first-order chi connectivity index (χ1) is 6.84. The van der Waals surface area contributed by atoms with Crippen LogP contribution in [0.4, 0.5) is 0 Å². The number of ether oxygens (including phenoxy) is 1. The van der Waals surface area contributed by atoms with Gasteiger partial charge in [0.25, 0.3) is 0 Å². The van der Waals surface area contributed by atoms with E-state index in [2.05, 4.69) is 43.0 Å². The molecule has 1 saturated heterocycles. The highest BCUT2D eigenvalue weighted by molar-refractivity contribution is 5.36. The largest absolute Gasteiger partial charge is 0.366 e. The van der Waals surface area contributed by atoms with E-state index in [0.29, 0.717) is 0 Å². The molecule has 1 nitrogen and oxygen atoms in total. The minimum absolute atomic E-state index is 0.163. The van der Waals surface area contributed by atoms with Crippen LogP contribution < -0.4 is 0 Å². The van der Waals surface area contributed by atoms with Gasteiger partial charge in [-0.3, -0.25) is 0 Å². The van der Waals surface area contributed by atoms with Gasteiger partial charge < -0.3 is 4.74 Å². The molecule has 1 heterocycles. The van der Waals surface area contributed by atoms with Gasteiger partial charge in [-0.05, 0) is 31.9 Å². The molecule has 1 aromatic carbocycles. The Hall–Kier alpha value is -1.26. The average Bonchev–Trinajstić information content (AvgIpc) is 2.70. The summed E-state index contributed by atoms with van der Waals surface area (Å²) in [6, 6.07) is 8.27. The van der Waals surface area contributed by atoms with Gasteiger partial charge in [0.2, 0.25) is 0 Å². The van der Waals surface area contributed by atoms with Gasteiger partial charge in [-0.15, -0.1) is 0 Å². The van der Waals surface area contributed by atoms with Crippen LogP contribution in [0, 0.1) is 18.8 Å². The van der Waals surface area contributed by atoms with Crippen LogP contribution in [0.2, 0.25) is 0 Å². The van der Waals surface area contributed by atoms with Gasteiger partial charge in [0.1, 0.15) is 6.10 Å². The minimum Gasteiger partial charge on any atom is -0.366 e. The molecule has 72 valence electrons. The molecule has 1 aliphatic heterocycles. The predicted octanol–water partition coefficient (Wildman–Crippen LogP) is 2.53. The van der Waals surface area contributed by atoms with Crippen molar-refractivity contribution >= 4 is 0 Å². The van der Waals surface area contributed by atoms with Crippen LogP contribution in [-0.2, 0) is 4.74 Å². The zero-order chi connectivity index (χ0) is 9.80. The van der Waals surface area contributed by atoms with Crippen molar-refractivity contribution in [1.29, 1.82) is 0 Å². The standard InChI is InChI=1S/C13H14O/c1-11-4-6-12(7-5-11)8-9-13-3-2-10-14-13/h4-7,13H,2-3,10H2,1H3/t13-/m1/s1. The maximum atomic E-state index is 5.42. The van der Waals surface area contributed by atoms with Crippen LogP contribution in [-0.4, -0.2) is 12.7 Å². The molecular weight excluding hydrogens is 172 g/mol. The summed E-state index contributed by atoms with van der Waals surface area (Å²) in [5, 5.41) is 0. The molecule has 0 aromatic heterocycles. The van der Waals surface area contributed by atoms with Crippen molar-refractivity contribution in [2.45, 2.75) is 25.9 Å². The summed E-state index contributed by atoms with van der Waals surface area (Å²) >= 11 is 0. The van der Waals surface area contributed by atoms with E-state index in [4.69, 9.17) is 4.74 Å². The molecule has 0 saturated carbocycles. The molecule has 1 atom stereocenters. The zero-order valence-electron chi connectivity index (χ0n) is 8.42. The Morgan fingerprint density at radius 2 is 2.07 bits per heavy atom. The average molecular weight is 186 g/mol. The summed E-state index contributed by atoms with van der Waals surface area (Å²) < 4.78 is 5.42. The van der Waals surface area contributed by atoms with Crippen molar-refractivity contribution in [2.24, 2.45) is 0 Å². The maximum absolute atomic E-state index is 5.42. The molecule has 2 rings (SSSR count). The van der Waals surface area contributed by atoms with Crippen LogP contribution in [0.3, 0.4) is 0 Å². The molecule has 0 spiro atoms. The molecule has 0 bridgehead atoms. The molecule has 14 heavy (non-hydrogen) atoms. The lowest BCUT2D eigenvalue weighted by molar-refractivity contribution is 0.152. The number of rotatable bonds is 0. The first-order valence-corrected chi connectivity index (χ1v) is 5.04. The van der Waals surface area contributed by atoms with E-state index in [0.717, 1.165) is 25.0 Å². The second kappa shape index (κ2) is 4.30. The van der Waals surface area contributed by atoms with Gasteiger partial charge >= 0.3 is 0 Å². The quantitative estimate of drug-likeness (QED) is 0.566. The van der Waals surface area contributed by atoms with Crippen molar-refractivity contribution < 1.29 is 4.74 Å². The summed E-state index contributed by atoms with van der Waals surface area (Å²) in [4.78, 5) is 0. The number of hydrogen-bond donors (Lipinski definition) is 0. The third-order valence-corrected chi connectivity index (χ3v) is 2.36. The Balaban J connectivity index is 2.05. The topological polar surface area (TPSA) is 9.23 Å². The zero-order valence-corrected chi connectivity index (χ0v) is 8.42. The predicted molar refractivity (Wildman–Crippen MR) is 57.0 cm³/mol. The van der Waals surface area contributed by atoms with Crippen LogP contribution in [0.15, 0.2) is 24.3 Å². The molecule has 0 aliphatic carbocycles. The maximum Gasteiger partial charge on any atom is 0.118 e. The van der Waals surface area contributed by atoms with E-state index in [1.807, 2.05) is 0 Å². The van der Waals surface area contributed by atoms with Gasteiger partial charge in [-0.1, -0.05) is 29.5 Å². The highest BCUT2D eigenvalue weighted by atomic mass is 16.5. The molecule has 0 amide bonds. The minimum atomic E-state index is 0.163. The molecule has 1 aliphatic rings. The van der Waals surface area contributed by atoms with Crippen LogP contribution in [0.25, 0.3) is 0 Å². The van der Waals surface area contributed by atoms with Crippen molar-refractivity contribution in [3.8, 4) is 11.8 Å². The molecular formula is C13H14O. The highest BCUT2D eigenvalue weighted by Gasteiger charge is 2.11. The second-order valence-corrected chi connectivity index (χ2v) is 3.64. The first-order valence-electron chi connectivity index (χ1n) is 5.04. The molecule has 0 radical (unpaired) electrons. The Kier molecular flexibility index (Phi) is 2.86. The molecule has 1 aromatic rings. The van der Waals surface area contributed by atoms with Crippen LogP contribution in [0.1, 0.15) is 24.0 Å². The first kappa shape index (κ1) is 9.30. The normalized spacial score (nSPS) is 20.2. The summed E-state index contributed by atoms with van der Waals surface area (Å²) in [6.07, 6.45) is 2.39. The monoisotopic (exact) mass is 186 g/mol. The lowest BCUT2D eigenvalue weighted by Gasteiger charge is -1.97. The van der Waals surface area contributed by atoms with Crippen molar-refractivity contribution in [2.75, 3.05) is 6.61 Å². The number of aryl methyl sites for hydroxylation is 1. The van der Waals surface area contributed by atoms with Crippen molar-refractivity contribution in [1.82, 2.24) is 0 Å². The van der Waals surface area contributed by atoms with E-state index in [-0.39, 0.29) is 6.10 Å². The van der Waals surface area contributed by atoms with E-state index in [1.165, 1.54) is 5.56 Å². The third kappa shape index (κ3) is 2.37. The van der Waals surface area contributed by atoms with Gasteiger partial charge in [-0.25, -0.2) is 0 Å². The van der Waals surface area contributed by atoms with Crippen molar-refractivity contribution in [3.63, 3.8) is 0 Å². The molecule has 0 N–H and O–H groups in total. The number of hydrogen-bond acceptors (Lipinski definition) is 1. The second-order valence-electron chi connectivity index (χ2n) is 3.64. The van der Waals surface area contributed by atoms with Gasteiger partial charge in [0, 0.05) is 12.2 Å². The summed E-state index contributed by atoms with van der Waals surface area (Å²) in [5.41, 5.74) is 2.35. The lowest BCUT2D eigenvalue weighted by atomic mass is 10.1. The van der Waals surface area contributed by atoms with Gasteiger partial charge in [0.15, 0.2) is 0 Å². The fraction of sp³-hybridized carbons (Fsp3) is 0.385. The Morgan fingerprint density at radius 1 is 1.29 bits per heavy atom. The highest BCUT2D eigenvalue weighted by Crippen LogP contribution is 2.10. The van der Waals surface area contributed by atoms with Crippen LogP contribution in [0.5, 0.6) is 0 Å². The summed E-state index contributed by atoms with van der Waals surface area (Å²) in [6.45, 7) is 2.95. The lowest BCUT2D eigenvalue weighted by Crippen LogP contribution is -1.99. The Bertz CT molecular complexity index is 347.